The molecular weight excluding hydrogens is 526 g/mol. The van der Waals surface area contributed by atoms with Crippen LogP contribution < -0.4 is 20.7 Å². The Morgan fingerprint density at radius 1 is 0.925 bits per heavy atom. The molecule has 0 aliphatic carbocycles. The number of rotatable bonds is 10. The standard InChI is InChI=1S/C30H29N5O4S/c1-19-8-12-21(13-9-19)35(22-14-10-20(2)11-15-22)28(37)16-26-32-17-23(29(31)38)30(34-26)40-18-27(36)33-24-6-4-5-7-25(24)39-3/h4-15,17H,16,18H2,1-3H3,(H2,31,38)(H,33,36). The lowest BCUT2D eigenvalue weighted by Gasteiger charge is -2.23. The van der Waals surface area contributed by atoms with Crippen LogP contribution in [0.1, 0.15) is 27.3 Å². The number of nitrogens with zero attached hydrogens (tertiary/aromatic N) is 3. The maximum atomic E-state index is 13.6. The number of benzene rings is 3. The third kappa shape index (κ3) is 7.03. The van der Waals surface area contributed by atoms with Crippen molar-refractivity contribution >= 4 is 46.5 Å². The number of hydrogen-bond acceptors (Lipinski definition) is 7. The Hall–Kier alpha value is -4.70. The fourth-order valence-electron chi connectivity index (χ4n) is 3.87. The van der Waals surface area contributed by atoms with E-state index in [1.165, 1.54) is 13.3 Å². The van der Waals surface area contributed by atoms with Gasteiger partial charge in [0.05, 0.1) is 30.5 Å². The minimum absolute atomic E-state index is 0.0540. The second-order valence-corrected chi connectivity index (χ2v) is 9.95. The van der Waals surface area contributed by atoms with E-state index in [1.54, 1.807) is 29.2 Å². The number of aryl methyl sites for hydroxylation is 2. The van der Waals surface area contributed by atoms with Crippen LogP contribution in [-0.2, 0) is 16.0 Å². The van der Waals surface area contributed by atoms with Gasteiger partial charge < -0.3 is 15.8 Å². The molecule has 4 rings (SSSR count). The van der Waals surface area contributed by atoms with Gasteiger partial charge in [-0.2, -0.15) is 0 Å². The van der Waals surface area contributed by atoms with Crippen LogP contribution in [-0.4, -0.2) is 40.6 Å². The lowest BCUT2D eigenvalue weighted by molar-refractivity contribution is -0.117. The smallest absolute Gasteiger partial charge is 0.253 e. The highest BCUT2D eigenvalue weighted by molar-refractivity contribution is 8.00. The molecule has 0 saturated carbocycles. The Morgan fingerprint density at radius 3 is 2.10 bits per heavy atom. The summed E-state index contributed by atoms with van der Waals surface area (Å²) in [5.74, 6) is -0.649. The molecule has 3 N–H and O–H groups in total. The fraction of sp³-hybridized carbons (Fsp3) is 0.167. The lowest BCUT2D eigenvalue weighted by atomic mass is 10.1. The first-order chi connectivity index (χ1) is 19.2. The van der Waals surface area contributed by atoms with Gasteiger partial charge in [0, 0.05) is 17.6 Å². The molecule has 40 heavy (non-hydrogen) atoms. The predicted octanol–water partition coefficient (Wildman–Crippen LogP) is 4.84. The van der Waals surface area contributed by atoms with Crippen LogP contribution in [0.5, 0.6) is 5.75 Å². The van der Waals surface area contributed by atoms with Crippen LogP contribution in [0.3, 0.4) is 0 Å². The molecule has 3 aromatic carbocycles. The molecule has 9 nitrogen and oxygen atoms in total. The topological polar surface area (TPSA) is 128 Å². The summed E-state index contributed by atoms with van der Waals surface area (Å²) >= 11 is 1.03. The van der Waals surface area contributed by atoms with Crippen LogP contribution in [0, 0.1) is 13.8 Å². The van der Waals surface area contributed by atoms with Crippen LogP contribution >= 0.6 is 11.8 Å². The molecule has 1 heterocycles. The maximum absolute atomic E-state index is 13.6. The van der Waals surface area contributed by atoms with E-state index in [9.17, 15) is 14.4 Å². The number of para-hydroxylation sites is 2. The van der Waals surface area contributed by atoms with Gasteiger partial charge in [0.25, 0.3) is 5.91 Å². The summed E-state index contributed by atoms with van der Waals surface area (Å²) in [5, 5.41) is 3.00. The summed E-state index contributed by atoms with van der Waals surface area (Å²) in [6.45, 7) is 3.96. The molecule has 4 aromatic rings. The number of anilines is 3. The third-order valence-corrected chi connectivity index (χ3v) is 6.92. The zero-order valence-corrected chi connectivity index (χ0v) is 23.2. The number of carbonyl (C=O) groups excluding carboxylic acids is 3. The third-order valence-electron chi connectivity index (χ3n) is 5.93. The summed E-state index contributed by atoms with van der Waals surface area (Å²) in [5.41, 5.74) is 9.68. The summed E-state index contributed by atoms with van der Waals surface area (Å²) in [4.78, 5) is 48.6. The molecule has 0 atom stereocenters. The highest BCUT2D eigenvalue weighted by Gasteiger charge is 2.22. The normalized spacial score (nSPS) is 10.6. The number of ether oxygens (including phenoxy) is 1. The van der Waals surface area contributed by atoms with Gasteiger partial charge in [-0.1, -0.05) is 59.3 Å². The van der Waals surface area contributed by atoms with E-state index in [2.05, 4.69) is 15.3 Å². The second-order valence-electron chi connectivity index (χ2n) is 8.98. The number of thioether (sulfide) groups is 1. The molecule has 0 aliphatic heterocycles. The Labute approximate surface area is 236 Å². The van der Waals surface area contributed by atoms with Gasteiger partial charge in [-0.25, -0.2) is 9.97 Å². The van der Waals surface area contributed by atoms with Crippen molar-refractivity contribution in [3.8, 4) is 5.75 Å². The quantitative estimate of drug-likeness (QED) is 0.212. The predicted molar refractivity (Wildman–Crippen MR) is 156 cm³/mol. The molecule has 10 heteroatoms. The van der Waals surface area contributed by atoms with Crippen LogP contribution in [0.2, 0.25) is 0 Å². The summed E-state index contributed by atoms with van der Waals surface area (Å²) in [6, 6.07) is 22.3. The first-order valence-electron chi connectivity index (χ1n) is 12.4. The maximum Gasteiger partial charge on any atom is 0.253 e. The number of aromatic nitrogens is 2. The van der Waals surface area contributed by atoms with Crippen molar-refractivity contribution in [1.82, 2.24) is 9.97 Å². The Balaban J connectivity index is 1.55. The fourth-order valence-corrected chi connectivity index (χ4v) is 4.69. The average Bonchev–Trinajstić information content (AvgIpc) is 2.94. The first-order valence-corrected chi connectivity index (χ1v) is 13.4. The van der Waals surface area contributed by atoms with Gasteiger partial charge in [0.1, 0.15) is 16.6 Å². The molecule has 3 amide bonds. The Bertz CT molecular complexity index is 1480. The molecule has 1 aromatic heterocycles. The van der Waals surface area contributed by atoms with Crippen molar-refractivity contribution in [3.05, 3.63) is 102 Å². The number of amides is 3. The molecule has 0 bridgehead atoms. The molecule has 0 saturated heterocycles. The highest BCUT2D eigenvalue weighted by atomic mass is 32.2. The van der Waals surface area contributed by atoms with E-state index in [0.29, 0.717) is 22.8 Å². The Kier molecular flexibility index (Phi) is 9.13. The lowest BCUT2D eigenvalue weighted by Crippen LogP contribution is -2.28. The first kappa shape index (κ1) is 28.3. The van der Waals surface area contributed by atoms with Crippen molar-refractivity contribution in [2.24, 2.45) is 5.73 Å². The van der Waals surface area contributed by atoms with Crippen molar-refractivity contribution in [2.45, 2.75) is 25.3 Å². The zero-order valence-electron chi connectivity index (χ0n) is 22.4. The van der Waals surface area contributed by atoms with E-state index in [0.717, 1.165) is 22.9 Å². The SMILES string of the molecule is COc1ccccc1NC(=O)CSc1nc(CC(=O)N(c2ccc(C)cc2)c2ccc(C)cc2)ncc1C(N)=O. The van der Waals surface area contributed by atoms with Crippen LogP contribution in [0.4, 0.5) is 17.1 Å². The molecule has 0 spiro atoms. The summed E-state index contributed by atoms with van der Waals surface area (Å²) < 4.78 is 5.27. The Morgan fingerprint density at radius 2 is 1.52 bits per heavy atom. The number of primary amides is 1. The molecule has 0 fully saturated rings. The molecule has 0 radical (unpaired) electrons. The average molecular weight is 556 g/mol. The van der Waals surface area contributed by atoms with Gasteiger partial charge in [0.2, 0.25) is 11.8 Å². The second kappa shape index (κ2) is 12.9. The van der Waals surface area contributed by atoms with Crippen LogP contribution in [0.25, 0.3) is 0 Å². The van der Waals surface area contributed by atoms with E-state index in [1.807, 2.05) is 62.4 Å². The van der Waals surface area contributed by atoms with Gasteiger partial charge in [-0.15, -0.1) is 0 Å². The largest absolute Gasteiger partial charge is 0.495 e. The van der Waals surface area contributed by atoms with Gasteiger partial charge in [0.15, 0.2) is 0 Å². The van der Waals surface area contributed by atoms with Crippen LogP contribution in [0.15, 0.2) is 84.0 Å². The zero-order chi connectivity index (χ0) is 28.6. The van der Waals surface area contributed by atoms with Gasteiger partial charge in [-0.3, -0.25) is 19.3 Å². The van der Waals surface area contributed by atoms with Crippen molar-refractivity contribution in [3.63, 3.8) is 0 Å². The summed E-state index contributed by atoms with van der Waals surface area (Å²) in [6.07, 6.45) is 1.16. The van der Waals surface area contributed by atoms with Crippen molar-refractivity contribution < 1.29 is 19.1 Å². The minimum Gasteiger partial charge on any atom is -0.495 e. The summed E-state index contributed by atoms with van der Waals surface area (Å²) in [7, 11) is 1.52. The molecule has 0 unspecified atom stereocenters. The highest BCUT2D eigenvalue weighted by Crippen LogP contribution is 2.28. The molecule has 204 valence electrons. The van der Waals surface area contributed by atoms with E-state index < -0.39 is 5.91 Å². The van der Waals surface area contributed by atoms with Crippen molar-refractivity contribution in [1.29, 1.82) is 0 Å². The number of carbonyl (C=O) groups is 3. The molecule has 0 aliphatic rings. The minimum atomic E-state index is -0.730. The van der Waals surface area contributed by atoms with E-state index in [4.69, 9.17) is 10.5 Å². The van der Waals surface area contributed by atoms with Gasteiger partial charge in [-0.05, 0) is 50.2 Å². The van der Waals surface area contributed by atoms with E-state index in [-0.39, 0.29) is 40.4 Å². The number of nitrogens with one attached hydrogen (secondary N) is 1. The number of hydrogen-bond donors (Lipinski definition) is 2. The number of nitrogens with two attached hydrogens (primary N) is 1. The van der Waals surface area contributed by atoms with E-state index >= 15 is 0 Å². The van der Waals surface area contributed by atoms with Gasteiger partial charge >= 0.3 is 0 Å². The number of methoxy groups -OCH3 is 1. The monoisotopic (exact) mass is 555 g/mol. The van der Waals surface area contributed by atoms with Crippen molar-refractivity contribution in [2.75, 3.05) is 23.1 Å². The molecular formula is C30H29N5O4S.